The van der Waals surface area contributed by atoms with Gasteiger partial charge in [0.05, 0.1) is 23.2 Å². The number of nitrogens with zero attached hydrogens (tertiary/aromatic N) is 8. The van der Waals surface area contributed by atoms with Crippen LogP contribution in [0.2, 0.25) is 0 Å². The van der Waals surface area contributed by atoms with E-state index in [1.807, 2.05) is 105 Å². The van der Waals surface area contributed by atoms with Crippen LogP contribution < -0.4 is 20.1 Å². The van der Waals surface area contributed by atoms with Gasteiger partial charge in [0.15, 0.2) is 0 Å². The summed E-state index contributed by atoms with van der Waals surface area (Å²) >= 11 is 0. The van der Waals surface area contributed by atoms with Crippen molar-refractivity contribution in [2.75, 3.05) is 53.5 Å². The van der Waals surface area contributed by atoms with Gasteiger partial charge in [-0.2, -0.15) is 10.2 Å². The molecule has 6 rings (SSSR count). The summed E-state index contributed by atoms with van der Waals surface area (Å²) in [5.74, 6) is 1.61. The molecule has 0 aliphatic carbocycles. The van der Waals surface area contributed by atoms with Crippen LogP contribution in [0.5, 0.6) is 11.8 Å². The monoisotopic (exact) mass is 742 g/mol. The molecule has 0 spiro atoms. The molecule has 0 aromatic carbocycles. The van der Waals surface area contributed by atoms with Crippen molar-refractivity contribution in [1.82, 2.24) is 50.0 Å². The fraction of sp³-hybridized carbons (Fsp3) is 0.550. The average Bonchev–Trinajstić information content (AvgIpc) is 3.91. The van der Waals surface area contributed by atoms with Gasteiger partial charge >= 0.3 is 0 Å². The predicted molar refractivity (Wildman–Crippen MR) is 207 cm³/mol. The van der Waals surface area contributed by atoms with Crippen LogP contribution in [0.4, 0.5) is 0 Å². The van der Waals surface area contributed by atoms with Gasteiger partial charge in [0.25, 0.3) is 0 Å². The fourth-order valence-corrected chi connectivity index (χ4v) is 6.83. The van der Waals surface area contributed by atoms with Crippen LogP contribution in [-0.4, -0.2) is 117 Å². The van der Waals surface area contributed by atoms with Crippen LogP contribution in [0.1, 0.15) is 61.8 Å². The van der Waals surface area contributed by atoms with Crippen molar-refractivity contribution in [1.29, 1.82) is 0 Å². The minimum Gasteiger partial charge on any atom is -0.476 e. The number of hydrogen-bond donors (Lipinski definition) is 2. The summed E-state index contributed by atoms with van der Waals surface area (Å²) in [7, 11) is 7.98. The molecule has 4 aromatic rings. The smallest absolute Gasteiger partial charge is 0.229 e. The number of pyridine rings is 2. The van der Waals surface area contributed by atoms with Gasteiger partial charge in [-0.1, -0.05) is 12.1 Å². The minimum atomic E-state index is -0.662. The molecule has 6 heterocycles. The second-order valence-electron chi connectivity index (χ2n) is 16.3. The lowest BCUT2D eigenvalue weighted by Crippen LogP contribution is -2.47. The van der Waals surface area contributed by atoms with Gasteiger partial charge in [0, 0.05) is 100 Å². The third-order valence-corrected chi connectivity index (χ3v) is 10.2. The Morgan fingerprint density at radius 2 is 1.07 bits per heavy atom. The topological polar surface area (TPSA) is 145 Å². The Labute approximate surface area is 319 Å². The highest BCUT2D eigenvalue weighted by Crippen LogP contribution is 2.30. The lowest BCUT2D eigenvalue weighted by molar-refractivity contribution is -0.132. The van der Waals surface area contributed by atoms with Gasteiger partial charge in [-0.15, -0.1) is 0 Å². The number of rotatable bonds is 12. The number of nitrogens with one attached hydrogen (secondary N) is 2. The van der Waals surface area contributed by atoms with E-state index in [2.05, 4.69) is 54.7 Å². The second kappa shape index (κ2) is 17.1. The van der Waals surface area contributed by atoms with E-state index in [-0.39, 0.29) is 48.9 Å². The van der Waals surface area contributed by atoms with E-state index < -0.39 is 10.8 Å². The van der Waals surface area contributed by atoms with Crippen molar-refractivity contribution < 1.29 is 19.1 Å². The molecule has 4 aromatic heterocycles. The van der Waals surface area contributed by atoms with E-state index in [9.17, 15) is 9.59 Å². The number of carbonyl (C=O) groups is 2. The molecule has 2 aliphatic heterocycles. The van der Waals surface area contributed by atoms with Crippen LogP contribution in [0.25, 0.3) is 0 Å². The van der Waals surface area contributed by atoms with Gasteiger partial charge in [-0.3, -0.25) is 19.0 Å². The maximum atomic E-state index is 13.0. The van der Waals surface area contributed by atoms with E-state index in [1.54, 1.807) is 21.8 Å². The largest absolute Gasteiger partial charge is 0.476 e. The molecule has 2 N–H and O–H groups in total. The van der Waals surface area contributed by atoms with Crippen LogP contribution >= 0.6 is 0 Å². The molecule has 2 aliphatic rings. The van der Waals surface area contributed by atoms with Crippen molar-refractivity contribution in [3.8, 4) is 11.8 Å². The molecule has 0 bridgehead atoms. The SMILES string of the molecule is Cc1cccnc1OCC(C)(C)C(=O)N[C@@H]1CN(C)C[C@H]1c1cnn(C)c1.Cc1cccnc1OCC(C)(C)C(=O)N[C@H]1CN(C)C[C@@H]1c1cnn(C)c1. The number of amides is 2. The summed E-state index contributed by atoms with van der Waals surface area (Å²) in [4.78, 5) is 38.9. The Bertz CT molecular complexity index is 1740. The highest BCUT2D eigenvalue weighted by Gasteiger charge is 2.39. The van der Waals surface area contributed by atoms with E-state index in [4.69, 9.17) is 9.47 Å². The molecule has 292 valence electrons. The highest BCUT2D eigenvalue weighted by atomic mass is 16.5. The van der Waals surface area contributed by atoms with Gasteiger partial charge in [-0.05, 0) is 78.9 Å². The average molecular weight is 743 g/mol. The summed E-state index contributed by atoms with van der Waals surface area (Å²) in [6, 6.07) is 7.75. The molecule has 2 amide bonds. The number of hydrogen-bond acceptors (Lipinski definition) is 10. The fourth-order valence-electron chi connectivity index (χ4n) is 6.83. The summed E-state index contributed by atoms with van der Waals surface area (Å²) in [5, 5.41) is 15.0. The first kappa shape index (κ1) is 40.4. The van der Waals surface area contributed by atoms with E-state index >= 15 is 0 Å². The van der Waals surface area contributed by atoms with E-state index in [1.165, 1.54) is 0 Å². The minimum absolute atomic E-state index is 0.00901. The van der Waals surface area contributed by atoms with Crippen molar-refractivity contribution >= 4 is 11.8 Å². The zero-order valence-corrected chi connectivity index (χ0v) is 33.5. The van der Waals surface area contributed by atoms with Crippen LogP contribution in [0, 0.1) is 24.7 Å². The Hall–Kier alpha value is -4.82. The maximum absolute atomic E-state index is 13.0. The Morgan fingerprint density at radius 3 is 1.41 bits per heavy atom. The Balaban J connectivity index is 0.000000208. The number of ether oxygens (including phenoxy) is 2. The van der Waals surface area contributed by atoms with Crippen LogP contribution in [0.15, 0.2) is 61.4 Å². The quantitative estimate of drug-likeness (QED) is 0.222. The number of likely N-dealkylation sites (N-methyl/N-ethyl adjacent to an activating group) is 2. The summed E-state index contributed by atoms with van der Waals surface area (Å²) in [5.41, 5.74) is 2.91. The Kier molecular flexibility index (Phi) is 12.8. The first-order chi connectivity index (χ1) is 25.5. The maximum Gasteiger partial charge on any atom is 0.229 e. The normalized spacial score (nSPS) is 20.6. The summed E-state index contributed by atoms with van der Waals surface area (Å²) in [6.45, 7) is 15.5. The molecule has 2 saturated heterocycles. The molecule has 2 fully saturated rings. The zero-order valence-electron chi connectivity index (χ0n) is 33.5. The first-order valence-electron chi connectivity index (χ1n) is 18.6. The second-order valence-corrected chi connectivity index (χ2v) is 16.3. The van der Waals surface area contributed by atoms with Crippen LogP contribution in [-0.2, 0) is 23.7 Å². The van der Waals surface area contributed by atoms with Gasteiger partial charge < -0.3 is 29.9 Å². The molecule has 0 saturated carbocycles. The van der Waals surface area contributed by atoms with Gasteiger partial charge in [0.2, 0.25) is 23.6 Å². The van der Waals surface area contributed by atoms with Crippen molar-refractivity contribution in [3.63, 3.8) is 0 Å². The third kappa shape index (κ3) is 10.2. The Morgan fingerprint density at radius 1 is 0.685 bits per heavy atom. The summed E-state index contributed by atoms with van der Waals surface area (Å²) in [6.07, 6.45) is 11.2. The molecular formula is C40H58N10O4. The number of likely N-dealkylation sites (tertiary alicyclic amines) is 2. The zero-order chi connectivity index (χ0) is 39.2. The highest BCUT2D eigenvalue weighted by molar-refractivity contribution is 5.83. The molecule has 0 unspecified atom stereocenters. The van der Waals surface area contributed by atoms with E-state index in [0.717, 1.165) is 48.4 Å². The lowest BCUT2D eigenvalue weighted by Gasteiger charge is -2.27. The standard InChI is InChI=1S/2C20H29N5O2/c2*1-14-7-6-8-21-18(14)27-13-20(2,3)19(26)23-17-12-24(4)11-16(17)15-9-22-25(5)10-15/h2*6-10,16-17H,11-13H2,1-5H3,(H,23,26)/t2*16-,17+/m10/s1. The number of aromatic nitrogens is 6. The van der Waals surface area contributed by atoms with Gasteiger partial charge in [-0.25, -0.2) is 9.97 Å². The number of carbonyl (C=O) groups excluding carboxylic acids is 2. The molecule has 14 nitrogen and oxygen atoms in total. The van der Waals surface area contributed by atoms with E-state index in [0.29, 0.717) is 11.8 Å². The molecule has 0 radical (unpaired) electrons. The molecule has 14 heteroatoms. The first-order valence-corrected chi connectivity index (χ1v) is 18.6. The van der Waals surface area contributed by atoms with Crippen LogP contribution in [0.3, 0.4) is 0 Å². The summed E-state index contributed by atoms with van der Waals surface area (Å²) < 4.78 is 15.3. The van der Waals surface area contributed by atoms with Crippen molar-refractivity contribution in [2.24, 2.45) is 24.9 Å². The lowest BCUT2D eigenvalue weighted by atomic mass is 9.91. The third-order valence-electron chi connectivity index (χ3n) is 10.2. The number of aryl methyl sites for hydroxylation is 4. The molecule has 54 heavy (non-hydrogen) atoms. The predicted octanol–water partition coefficient (Wildman–Crippen LogP) is 3.49. The van der Waals surface area contributed by atoms with Gasteiger partial charge in [0.1, 0.15) is 13.2 Å². The molecule has 4 atom stereocenters. The van der Waals surface area contributed by atoms with Crippen molar-refractivity contribution in [3.05, 3.63) is 83.7 Å². The molecular weight excluding hydrogens is 685 g/mol. The van der Waals surface area contributed by atoms with Crippen molar-refractivity contribution in [2.45, 2.75) is 65.5 Å².